The third-order valence-corrected chi connectivity index (χ3v) is 5.81. The Morgan fingerprint density at radius 3 is 2.87 bits per heavy atom. The second kappa shape index (κ2) is 8.45. The van der Waals surface area contributed by atoms with Crippen LogP contribution >= 0.6 is 0 Å². The lowest BCUT2D eigenvalue weighted by Gasteiger charge is -2.36. The van der Waals surface area contributed by atoms with Gasteiger partial charge in [0.05, 0.1) is 17.9 Å². The van der Waals surface area contributed by atoms with Gasteiger partial charge in [0.2, 0.25) is 11.8 Å². The average molecular weight is 409 g/mol. The molecule has 30 heavy (non-hydrogen) atoms. The molecule has 0 radical (unpaired) electrons. The summed E-state index contributed by atoms with van der Waals surface area (Å²) in [5.41, 5.74) is 2.58. The van der Waals surface area contributed by atoms with E-state index in [1.165, 1.54) is 0 Å². The highest BCUT2D eigenvalue weighted by atomic mass is 16.2. The Morgan fingerprint density at radius 2 is 2.13 bits per heavy atom. The molecule has 8 nitrogen and oxygen atoms in total. The Balaban J connectivity index is 1.43. The number of hydrogen-bond donors (Lipinski definition) is 1. The highest BCUT2D eigenvalue weighted by Gasteiger charge is 2.34. The first-order valence-electron chi connectivity index (χ1n) is 10.6. The summed E-state index contributed by atoms with van der Waals surface area (Å²) in [5.74, 6) is 0.766. The zero-order chi connectivity index (χ0) is 21.1. The minimum atomic E-state index is -0.111. The van der Waals surface area contributed by atoms with Gasteiger partial charge in [-0.25, -0.2) is 15.0 Å². The molecule has 0 saturated carbocycles. The number of hydrogen-bond acceptors (Lipinski definition) is 6. The third kappa shape index (κ3) is 4.63. The number of amides is 2. The first kappa shape index (κ1) is 20.4. The van der Waals surface area contributed by atoms with Gasteiger partial charge < -0.3 is 10.2 Å². The molecule has 2 aromatic rings. The molecular weight excluding hydrogens is 380 g/mol. The van der Waals surface area contributed by atoms with Crippen LogP contribution in [-0.2, 0) is 16.0 Å². The summed E-state index contributed by atoms with van der Waals surface area (Å²) in [6.45, 7) is 5.86. The Kier molecular flexibility index (Phi) is 5.74. The number of nitrogens with one attached hydrogen (secondary N) is 1. The number of nitrogens with zero attached hydrogens (tertiary/aromatic N) is 5. The predicted molar refractivity (Wildman–Crippen MR) is 111 cm³/mol. The summed E-state index contributed by atoms with van der Waals surface area (Å²) in [7, 11) is 0. The van der Waals surface area contributed by atoms with Gasteiger partial charge in [-0.2, -0.15) is 0 Å². The van der Waals surface area contributed by atoms with Crippen LogP contribution in [0.15, 0.2) is 24.8 Å². The van der Waals surface area contributed by atoms with E-state index < -0.39 is 0 Å². The van der Waals surface area contributed by atoms with Gasteiger partial charge in [-0.3, -0.25) is 14.6 Å². The van der Waals surface area contributed by atoms with E-state index in [1.54, 1.807) is 18.6 Å². The molecule has 0 spiro atoms. The van der Waals surface area contributed by atoms with E-state index in [0.29, 0.717) is 37.3 Å². The van der Waals surface area contributed by atoms with E-state index in [1.807, 2.05) is 11.1 Å². The highest BCUT2D eigenvalue weighted by molar-refractivity contribution is 5.78. The van der Waals surface area contributed by atoms with Gasteiger partial charge in [-0.1, -0.05) is 13.8 Å². The first-order valence-corrected chi connectivity index (χ1v) is 10.6. The maximum atomic E-state index is 12.6. The topological polar surface area (TPSA) is 101 Å². The van der Waals surface area contributed by atoms with Crippen LogP contribution in [-0.4, -0.2) is 49.7 Å². The van der Waals surface area contributed by atoms with Crippen LogP contribution in [0.5, 0.6) is 0 Å². The van der Waals surface area contributed by atoms with E-state index in [9.17, 15) is 9.59 Å². The molecule has 2 aliphatic rings. The predicted octanol–water partition coefficient (Wildman–Crippen LogP) is 2.47. The van der Waals surface area contributed by atoms with Crippen LogP contribution in [0.3, 0.4) is 0 Å². The van der Waals surface area contributed by atoms with Gasteiger partial charge in [-0.15, -0.1) is 0 Å². The molecule has 4 rings (SSSR count). The number of aromatic nitrogens is 4. The number of rotatable bonds is 6. The summed E-state index contributed by atoms with van der Waals surface area (Å²) in [6.07, 6.45) is 11.0. The standard InChI is InChI=1S/C22H28N6O2/c1-22(2)11-16(26-19(29)5-3-9-28-10-4-6-20(28)30)15-13-25-21(27-17(15)12-22)18-14-23-7-8-24-18/h7-8,13-14,16H,3-6,9-12H2,1-2H3,(H,26,29). The van der Waals surface area contributed by atoms with Crippen LogP contribution in [0, 0.1) is 5.41 Å². The Morgan fingerprint density at radius 1 is 1.27 bits per heavy atom. The van der Waals surface area contributed by atoms with Crippen molar-refractivity contribution in [2.45, 2.75) is 58.4 Å². The van der Waals surface area contributed by atoms with Crippen molar-refractivity contribution in [3.8, 4) is 11.5 Å². The molecule has 1 unspecified atom stereocenters. The summed E-state index contributed by atoms with van der Waals surface area (Å²) >= 11 is 0. The summed E-state index contributed by atoms with van der Waals surface area (Å²) in [6, 6.07) is -0.111. The molecule has 2 amide bonds. The van der Waals surface area contributed by atoms with Crippen molar-refractivity contribution in [2.24, 2.45) is 5.41 Å². The van der Waals surface area contributed by atoms with Crippen LogP contribution in [0.4, 0.5) is 0 Å². The van der Waals surface area contributed by atoms with E-state index >= 15 is 0 Å². The van der Waals surface area contributed by atoms with Gasteiger partial charge >= 0.3 is 0 Å². The van der Waals surface area contributed by atoms with Crippen molar-refractivity contribution in [2.75, 3.05) is 13.1 Å². The normalized spacial score (nSPS) is 20.1. The molecule has 0 aromatic carbocycles. The first-order chi connectivity index (χ1) is 14.4. The lowest BCUT2D eigenvalue weighted by Crippen LogP contribution is -2.37. The van der Waals surface area contributed by atoms with Crippen LogP contribution < -0.4 is 5.32 Å². The molecule has 2 aromatic heterocycles. The quantitative estimate of drug-likeness (QED) is 0.788. The van der Waals surface area contributed by atoms with Gasteiger partial charge in [-0.05, 0) is 31.1 Å². The summed E-state index contributed by atoms with van der Waals surface area (Å²) < 4.78 is 0. The minimum Gasteiger partial charge on any atom is -0.349 e. The summed E-state index contributed by atoms with van der Waals surface area (Å²) in [5, 5.41) is 3.18. The van der Waals surface area contributed by atoms with Crippen LogP contribution in [0.1, 0.15) is 63.3 Å². The van der Waals surface area contributed by atoms with Crippen molar-refractivity contribution in [1.82, 2.24) is 30.2 Å². The fourth-order valence-corrected chi connectivity index (χ4v) is 4.35. The Labute approximate surface area is 176 Å². The van der Waals surface area contributed by atoms with Gasteiger partial charge in [0.1, 0.15) is 5.69 Å². The van der Waals surface area contributed by atoms with E-state index in [0.717, 1.165) is 37.1 Å². The number of carbonyl (C=O) groups is 2. The number of carbonyl (C=O) groups excluding carboxylic acids is 2. The molecule has 1 N–H and O–H groups in total. The van der Waals surface area contributed by atoms with Gasteiger partial charge in [0.25, 0.3) is 0 Å². The molecule has 1 aliphatic heterocycles. The zero-order valence-electron chi connectivity index (χ0n) is 17.6. The second-order valence-corrected chi connectivity index (χ2v) is 8.94. The maximum absolute atomic E-state index is 12.6. The van der Waals surface area contributed by atoms with E-state index in [4.69, 9.17) is 4.98 Å². The number of likely N-dealkylation sites (tertiary alicyclic amines) is 1. The molecule has 8 heteroatoms. The molecular formula is C22H28N6O2. The Hall–Kier alpha value is -2.90. The lowest BCUT2D eigenvalue weighted by atomic mass is 9.74. The maximum Gasteiger partial charge on any atom is 0.222 e. The SMILES string of the molecule is CC1(C)Cc2nc(-c3cnccn3)ncc2C(NC(=O)CCCN2CCCC2=O)C1. The molecule has 1 aliphatic carbocycles. The van der Waals surface area contributed by atoms with Crippen molar-refractivity contribution in [3.63, 3.8) is 0 Å². The van der Waals surface area contributed by atoms with Crippen molar-refractivity contribution >= 4 is 11.8 Å². The van der Waals surface area contributed by atoms with Gasteiger partial charge in [0.15, 0.2) is 5.82 Å². The molecule has 1 saturated heterocycles. The zero-order valence-corrected chi connectivity index (χ0v) is 17.6. The highest BCUT2D eigenvalue weighted by Crippen LogP contribution is 2.40. The largest absolute Gasteiger partial charge is 0.349 e. The molecule has 3 heterocycles. The molecule has 1 atom stereocenters. The average Bonchev–Trinajstić information content (AvgIpc) is 3.12. The third-order valence-electron chi connectivity index (χ3n) is 5.81. The van der Waals surface area contributed by atoms with Crippen molar-refractivity contribution < 1.29 is 9.59 Å². The second-order valence-electron chi connectivity index (χ2n) is 8.94. The van der Waals surface area contributed by atoms with Crippen molar-refractivity contribution in [1.29, 1.82) is 0 Å². The minimum absolute atomic E-state index is 0.00768. The monoisotopic (exact) mass is 408 g/mol. The number of fused-ring (bicyclic) bond motifs is 1. The summed E-state index contributed by atoms with van der Waals surface area (Å²) in [4.78, 5) is 43.8. The van der Waals surface area contributed by atoms with E-state index in [2.05, 4.69) is 34.1 Å². The van der Waals surface area contributed by atoms with E-state index in [-0.39, 0.29) is 23.3 Å². The molecule has 1 fully saturated rings. The fourth-order valence-electron chi connectivity index (χ4n) is 4.35. The molecule has 158 valence electrons. The smallest absolute Gasteiger partial charge is 0.222 e. The fraction of sp³-hybridized carbons (Fsp3) is 0.545. The molecule has 0 bridgehead atoms. The van der Waals surface area contributed by atoms with Crippen LogP contribution in [0.25, 0.3) is 11.5 Å². The van der Waals surface area contributed by atoms with Crippen molar-refractivity contribution in [3.05, 3.63) is 36.0 Å². The Bertz CT molecular complexity index is 930. The lowest BCUT2D eigenvalue weighted by molar-refractivity contribution is -0.128. The van der Waals surface area contributed by atoms with Gasteiger partial charge in [0, 0.05) is 50.1 Å². The van der Waals surface area contributed by atoms with Crippen LogP contribution in [0.2, 0.25) is 0 Å².